The number of benzene rings is 8. The molecule has 0 aliphatic carbocycles. The van der Waals surface area contributed by atoms with Crippen molar-refractivity contribution in [3.8, 4) is 22.3 Å². The second-order valence-electron chi connectivity index (χ2n) is 12.5. The van der Waals surface area contributed by atoms with Gasteiger partial charge in [0.05, 0.1) is 16.8 Å². The number of hydrogen-bond donors (Lipinski definition) is 0. The molecule has 10 aromatic rings. The van der Waals surface area contributed by atoms with E-state index < -0.39 is 0 Å². The number of thiophene rings is 1. The van der Waals surface area contributed by atoms with Gasteiger partial charge in [-0.2, -0.15) is 0 Å². The number of nitrogens with zero attached hydrogens (tertiary/aromatic N) is 1. The van der Waals surface area contributed by atoms with Crippen molar-refractivity contribution < 1.29 is 4.42 Å². The van der Waals surface area contributed by atoms with Gasteiger partial charge in [-0.3, -0.25) is 0 Å². The summed E-state index contributed by atoms with van der Waals surface area (Å²) in [5, 5.41) is 7.26. The Morgan fingerprint density at radius 1 is 0.408 bits per heavy atom. The fraction of sp³-hybridized carbons (Fsp3) is 0. The molecule has 0 aliphatic heterocycles. The second kappa shape index (κ2) is 11.2. The van der Waals surface area contributed by atoms with E-state index in [0.29, 0.717) is 0 Å². The highest BCUT2D eigenvalue weighted by Crippen LogP contribution is 2.47. The zero-order valence-corrected chi connectivity index (χ0v) is 27.3. The van der Waals surface area contributed by atoms with Crippen LogP contribution in [0.15, 0.2) is 180 Å². The molecular weight excluding hydrogens is 615 g/mol. The van der Waals surface area contributed by atoms with E-state index in [4.69, 9.17) is 4.42 Å². The zero-order valence-electron chi connectivity index (χ0n) is 26.5. The van der Waals surface area contributed by atoms with Gasteiger partial charge < -0.3 is 9.32 Å². The van der Waals surface area contributed by atoms with E-state index in [1.54, 1.807) is 0 Å². The van der Waals surface area contributed by atoms with Crippen LogP contribution in [-0.2, 0) is 0 Å². The highest BCUT2D eigenvalue weighted by Gasteiger charge is 2.22. The van der Waals surface area contributed by atoms with Gasteiger partial charge in [0.25, 0.3) is 0 Å². The van der Waals surface area contributed by atoms with E-state index in [-0.39, 0.29) is 0 Å². The first-order valence-electron chi connectivity index (χ1n) is 16.6. The summed E-state index contributed by atoms with van der Waals surface area (Å²) >= 11 is 1.85. The minimum atomic E-state index is 0.876. The van der Waals surface area contributed by atoms with Gasteiger partial charge in [-0.05, 0) is 82.1 Å². The van der Waals surface area contributed by atoms with Gasteiger partial charge in [-0.1, -0.05) is 121 Å². The van der Waals surface area contributed by atoms with Gasteiger partial charge in [-0.25, -0.2) is 0 Å². The molecule has 10 rings (SSSR count). The maximum absolute atomic E-state index is 6.42. The minimum absolute atomic E-state index is 0.876. The molecule has 0 atom stereocenters. The number of anilines is 3. The molecule has 0 fully saturated rings. The van der Waals surface area contributed by atoms with E-state index in [9.17, 15) is 0 Å². The maximum Gasteiger partial charge on any atom is 0.137 e. The molecular formula is C46H29NOS. The molecule has 8 aromatic carbocycles. The molecule has 0 amide bonds. The Morgan fingerprint density at radius 2 is 1.04 bits per heavy atom. The van der Waals surface area contributed by atoms with Crippen LogP contribution in [0.1, 0.15) is 0 Å². The highest BCUT2D eigenvalue weighted by molar-refractivity contribution is 7.25. The Hall–Kier alpha value is -6.16. The SMILES string of the molecule is c1cc(-c2ccccc2N(c2ccc3sc4ccccc4c3c2)c2cccc3oc4ccccc4c23)cc(-c2cccc3ccccc23)c1. The van der Waals surface area contributed by atoms with Crippen molar-refractivity contribution in [1.29, 1.82) is 0 Å². The fourth-order valence-electron chi connectivity index (χ4n) is 7.45. The van der Waals surface area contributed by atoms with E-state index in [1.165, 1.54) is 42.1 Å². The zero-order chi connectivity index (χ0) is 32.3. The summed E-state index contributed by atoms with van der Waals surface area (Å²) in [4.78, 5) is 2.43. The molecule has 2 aromatic heterocycles. The van der Waals surface area contributed by atoms with Crippen LogP contribution in [0.2, 0.25) is 0 Å². The smallest absolute Gasteiger partial charge is 0.137 e. The summed E-state index contributed by atoms with van der Waals surface area (Å²) in [6.07, 6.45) is 0. The number of hydrogen-bond acceptors (Lipinski definition) is 3. The molecule has 0 N–H and O–H groups in total. The first-order chi connectivity index (χ1) is 24.3. The molecule has 0 radical (unpaired) electrons. The lowest BCUT2D eigenvalue weighted by Crippen LogP contribution is -2.11. The topological polar surface area (TPSA) is 16.4 Å². The third-order valence-corrected chi connectivity index (χ3v) is 10.8. The summed E-state index contributed by atoms with van der Waals surface area (Å²) < 4.78 is 9.01. The molecule has 0 spiro atoms. The normalized spacial score (nSPS) is 11.7. The molecule has 49 heavy (non-hydrogen) atoms. The summed E-state index contributed by atoms with van der Waals surface area (Å²) in [7, 11) is 0. The first kappa shape index (κ1) is 27.9. The standard InChI is InChI=1S/C46H29NOS/c1-2-16-34-30(12-1)13-10-20-35(34)31-14-9-15-32(28-31)36-17-3-6-21-40(36)47(33-26-27-45-39(29-33)37-18-5-8-25-44(37)49-45)41-22-11-24-43-46(41)38-19-4-7-23-42(38)48-43/h1-29H. The molecule has 0 unspecified atom stereocenters. The molecule has 2 heterocycles. The Balaban J connectivity index is 1.23. The number of furan rings is 1. The van der Waals surface area contributed by atoms with Crippen LogP contribution in [0.5, 0.6) is 0 Å². The lowest BCUT2D eigenvalue weighted by atomic mass is 9.94. The van der Waals surface area contributed by atoms with Crippen LogP contribution in [-0.4, -0.2) is 0 Å². The second-order valence-corrected chi connectivity index (χ2v) is 13.6. The van der Waals surface area contributed by atoms with Crippen molar-refractivity contribution in [2.45, 2.75) is 0 Å². The summed E-state index contributed by atoms with van der Waals surface area (Å²) in [5.41, 5.74) is 9.81. The molecule has 0 saturated carbocycles. The van der Waals surface area contributed by atoms with Gasteiger partial charge >= 0.3 is 0 Å². The van der Waals surface area contributed by atoms with Crippen LogP contribution in [0.3, 0.4) is 0 Å². The first-order valence-corrected chi connectivity index (χ1v) is 17.4. The summed E-state index contributed by atoms with van der Waals surface area (Å²) in [6, 6.07) is 63.3. The van der Waals surface area contributed by atoms with Crippen molar-refractivity contribution >= 4 is 81.3 Å². The van der Waals surface area contributed by atoms with Crippen molar-refractivity contribution in [3.05, 3.63) is 176 Å². The van der Waals surface area contributed by atoms with Gasteiger partial charge in [0.2, 0.25) is 0 Å². The predicted octanol–water partition coefficient (Wildman–Crippen LogP) is 13.9. The average Bonchev–Trinajstić information content (AvgIpc) is 3.74. The fourth-order valence-corrected chi connectivity index (χ4v) is 8.53. The maximum atomic E-state index is 6.42. The van der Waals surface area contributed by atoms with Crippen molar-refractivity contribution in [2.24, 2.45) is 0 Å². The lowest BCUT2D eigenvalue weighted by Gasteiger charge is -2.28. The molecule has 0 bridgehead atoms. The largest absolute Gasteiger partial charge is 0.456 e. The number of fused-ring (bicyclic) bond motifs is 7. The third-order valence-electron chi connectivity index (χ3n) is 9.66. The molecule has 0 saturated heterocycles. The molecule has 0 aliphatic rings. The van der Waals surface area contributed by atoms with E-state index in [0.717, 1.165) is 50.1 Å². The Labute approximate surface area is 287 Å². The summed E-state index contributed by atoms with van der Waals surface area (Å²) in [5.74, 6) is 0. The van der Waals surface area contributed by atoms with Crippen molar-refractivity contribution in [1.82, 2.24) is 0 Å². The number of rotatable bonds is 5. The van der Waals surface area contributed by atoms with Crippen LogP contribution in [0.4, 0.5) is 17.1 Å². The van der Waals surface area contributed by atoms with Gasteiger partial charge in [0, 0.05) is 36.8 Å². The van der Waals surface area contributed by atoms with Crippen LogP contribution < -0.4 is 4.90 Å². The average molecular weight is 644 g/mol. The van der Waals surface area contributed by atoms with Crippen LogP contribution in [0.25, 0.3) is 75.1 Å². The van der Waals surface area contributed by atoms with Gasteiger partial charge in [0.15, 0.2) is 0 Å². The molecule has 3 heteroatoms. The highest BCUT2D eigenvalue weighted by atomic mass is 32.1. The Kier molecular flexibility index (Phi) is 6.39. The van der Waals surface area contributed by atoms with Crippen LogP contribution in [0, 0.1) is 0 Å². The van der Waals surface area contributed by atoms with Gasteiger partial charge in [0.1, 0.15) is 11.2 Å². The summed E-state index contributed by atoms with van der Waals surface area (Å²) in [6.45, 7) is 0. The van der Waals surface area contributed by atoms with Gasteiger partial charge in [-0.15, -0.1) is 11.3 Å². The van der Waals surface area contributed by atoms with Crippen molar-refractivity contribution in [2.75, 3.05) is 4.90 Å². The quantitative estimate of drug-likeness (QED) is 0.186. The Morgan fingerprint density at radius 3 is 1.98 bits per heavy atom. The molecule has 2 nitrogen and oxygen atoms in total. The van der Waals surface area contributed by atoms with E-state index in [2.05, 4.69) is 175 Å². The van der Waals surface area contributed by atoms with Crippen molar-refractivity contribution in [3.63, 3.8) is 0 Å². The predicted molar refractivity (Wildman–Crippen MR) is 210 cm³/mol. The Bertz CT molecular complexity index is 2850. The third kappa shape index (κ3) is 4.55. The van der Waals surface area contributed by atoms with E-state index >= 15 is 0 Å². The monoisotopic (exact) mass is 643 g/mol. The van der Waals surface area contributed by atoms with E-state index in [1.807, 2.05) is 17.4 Å². The minimum Gasteiger partial charge on any atom is -0.456 e. The molecule has 230 valence electrons. The number of para-hydroxylation sites is 2. The lowest BCUT2D eigenvalue weighted by molar-refractivity contribution is 0.669. The van der Waals surface area contributed by atoms with Crippen LogP contribution >= 0.6 is 11.3 Å².